The standard InChI is InChI=1S/C12H9F2N3S2/c1-6-15-7(5-19-6)4-17-11-9(16-12(17)18)3-2-8(13)10(11)14/h2-3,5H,4H2,1H3,(H,16,18). The van der Waals surface area contributed by atoms with E-state index in [9.17, 15) is 8.78 Å². The number of aryl methyl sites for hydroxylation is 1. The lowest BCUT2D eigenvalue weighted by molar-refractivity contribution is 0.512. The average Bonchev–Trinajstić information content (AvgIpc) is 2.90. The van der Waals surface area contributed by atoms with Gasteiger partial charge >= 0.3 is 0 Å². The molecule has 0 amide bonds. The molecule has 2 heterocycles. The summed E-state index contributed by atoms with van der Waals surface area (Å²) in [5.74, 6) is -1.78. The summed E-state index contributed by atoms with van der Waals surface area (Å²) in [6, 6.07) is 2.56. The molecule has 0 atom stereocenters. The molecule has 98 valence electrons. The van der Waals surface area contributed by atoms with Gasteiger partial charge in [0.25, 0.3) is 0 Å². The van der Waals surface area contributed by atoms with Gasteiger partial charge in [-0.15, -0.1) is 11.3 Å². The lowest BCUT2D eigenvalue weighted by Crippen LogP contribution is -2.02. The maximum absolute atomic E-state index is 13.9. The number of aromatic amines is 1. The van der Waals surface area contributed by atoms with Gasteiger partial charge in [-0.1, -0.05) is 0 Å². The monoisotopic (exact) mass is 297 g/mol. The highest BCUT2D eigenvalue weighted by atomic mass is 32.1. The maximum atomic E-state index is 13.9. The van der Waals surface area contributed by atoms with Crippen molar-refractivity contribution in [2.24, 2.45) is 0 Å². The summed E-state index contributed by atoms with van der Waals surface area (Å²) < 4.78 is 29.1. The summed E-state index contributed by atoms with van der Waals surface area (Å²) in [4.78, 5) is 7.18. The molecule has 0 saturated heterocycles. The Morgan fingerprint density at radius 3 is 2.89 bits per heavy atom. The van der Waals surface area contributed by atoms with Crippen molar-refractivity contribution < 1.29 is 8.78 Å². The van der Waals surface area contributed by atoms with E-state index in [2.05, 4.69) is 9.97 Å². The quantitative estimate of drug-likeness (QED) is 0.730. The SMILES string of the molecule is Cc1nc(Cn2c(=S)[nH]c3ccc(F)c(F)c32)cs1. The molecule has 0 saturated carbocycles. The molecule has 0 spiro atoms. The van der Waals surface area contributed by atoms with Crippen LogP contribution in [-0.2, 0) is 6.54 Å². The Morgan fingerprint density at radius 2 is 2.21 bits per heavy atom. The van der Waals surface area contributed by atoms with Gasteiger partial charge < -0.3 is 9.55 Å². The lowest BCUT2D eigenvalue weighted by Gasteiger charge is -2.03. The molecule has 7 heteroatoms. The van der Waals surface area contributed by atoms with Crippen LogP contribution in [0.3, 0.4) is 0 Å². The fraction of sp³-hybridized carbons (Fsp3) is 0.167. The van der Waals surface area contributed by atoms with Gasteiger partial charge in [-0.2, -0.15) is 0 Å². The Hall–Kier alpha value is -1.60. The molecule has 0 aliphatic rings. The number of hydrogen-bond acceptors (Lipinski definition) is 3. The minimum atomic E-state index is -0.892. The van der Waals surface area contributed by atoms with Crippen LogP contribution >= 0.6 is 23.6 Å². The van der Waals surface area contributed by atoms with Gasteiger partial charge in [0.15, 0.2) is 16.4 Å². The second kappa shape index (κ2) is 4.50. The van der Waals surface area contributed by atoms with Crippen LogP contribution in [0.4, 0.5) is 8.78 Å². The lowest BCUT2D eigenvalue weighted by atomic mass is 10.3. The Balaban J connectivity index is 2.20. The number of thiazole rings is 1. The van der Waals surface area contributed by atoms with Crippen LogP contribution in [0.2, 0.25) is 0 Å². The maximum Gasteiger partial charge on any atom is 0.184 e. The summed E-state index contributed by atoms with van der Waals surface area (Å²) in [6.07, 6.45) is 0. The normalized spacial score (nSPS) is 11.3. The van der Waals surface area contributed by atoms with Crippen LogP contribution in [0.25, 0.3) is 11.0 Å². The number of fused-ring (bicyclic) bond motifs is 1. The number of H-pyrrole nitrogens is 1. The van der Waals surface area contributed by atoms with E-state index in [-0.39, 0.29) is 5.52 Å². The molecule has 19 heavy (non-hydrogen) atoms. The Labute approximate surface area is 116 Å². The third-order valence-electron chi connectivity index (χ3n) is 2.81. The summed E-state index contributed by atoms with van der Waals surface area (Å²) in [5.41, 5.74) is 1.41. The van der Waals surface area contributed by atoms with Crippen molar-refractivity contribution in [2.75, 3.05) is 0 Å². The molecule has 3 rings (SSSR count). The second-order valence-corrected chi connectivity index (χ2v) is 5.58. The minimum absolute atomic E-state index is 0.149. The zero-order chi connectivity index (χ0) is 13.6. The first-order valence-corrected chi connectivity index (χ1v) is 6.82. The zero-order valence-electron chi connectivity index (χ0n) is 9.91. The molecule has 0 aliphatic heterocycles. The zero-order valence-corrected chi connectivity index (χ0v) is 11.5. The summed E-state index contributed by atoms with van der Waals surface area (Å²) >= 11 is 6.66. The highest BCUT2D eigenvalue weighted by Gasteiger charge is 2.14. The first kappa shape index (κ1) is 12.4. The molecule has 0 bridgehead atoms. The fourth-order valence-corrected chi connectivity index (χ4v) is 2.85. The van der Waals surface area contributed by atoms with Crippen LogP contribution in [-0.4, -0.2) is 14.5 Å². The fourth-order valence-electron chi connectivity index (χ4n) is 1.98. The molecule has 0 aliphatic carbocycles. The van der Waals surface area contributed by atoms with Crippen LogP contribution < -0.4 is 0 Å². The molecule has 1 aromatic carbocycles. The van der Waals surface area contributed by atoms with Crippen LogP contribution in [0, 0.1) is 23.3 Å². The summed E-state index contributed by atoms with van der Waals surface area (Å²) in [5, 5.41) is 2.81. The number of benzene rings is 1. The third-order valence-corrected chi connectivity index (χ3v) is 3.96. The molecule has 1 N–H and O–H groups in total. The molecule has 0 radical (unpaired) electrons. The van der Waals surface area contributed by atoms with Gasteiger partial charge in [0, 0.05) is 5.38 Å². The predicted octanol–water partition coefficient (Wildman–Crippen LogP) is 3.79. The smallest absolute Gasteiger partial charge is 0.184 e. The molecule has 2 aromatic heterocycles. The number of aromatic nitrogens is 3. The topological polar surface area (TPSA) is 33.6 Å². The van der Waals surface area contributed by atoms with Crippen LogP contribution in [0.15, 0.2) is 17.5 Å². The van der Waals surface area contributed by atoms with E-state index in [1.807, 2.05) is 12.3 Å². The second-order valence-electron chi connectivity index (χ2n) is 4.13. The van der Waals surface area contributed by atoms with Crippen molar-refractivity contribution in [3.63, 3.8) is 0 Å². The van der Waals surface area contributed by atoms with Gasteiger partial charge in [0.1, 0.15) is 5.52 Å². The van der Waals surface area contributed by atoms with E-state index in [1.165, 1.54) is 22.0 Å². The summed E-state index contributed by atoms with van der Waals surface area (Å²) in [7, 11) is 0. The summed E-state index contributed by atoms with van der Waals surface area (Å²) in [6.45, 7) is 2.21. The molecule has 3 aromatic rings. The number of nitrogens with one attached hydrogen (secondary N) is 1. The number of nitrogens with zero attached hydrogens (tertiary/aromatic N) is 2. The van der Waals surface area contributed by atoms with Crippen molar-refractivity contribution in [1.29, 1.82) is 0 Å². The van der Waals surface area contributed by atoms with E-state index in [4.69, 9.17) is 12.2 Å². The third kappa shape index (κ3) is 2.08. The largest absolute Gasteiger partial charge is 0.330 e. The highest BCUT2D eigenvalue weighted by molar-refractivity contribution is 7.71. The average molecular weight is 297 g/mol. The number of imidazole rings is 1. The van der Waals surface area contributed by atoms with E-state index in [1.54, 1.807) is 0 Å². The van der Waals surface area contributed by atoms with Crippen LogP contribution in [0.5, 0.6) is 0 Å². The van der Waals surface area contributed by atoms with Crippen molar-refractivity contribution >= 4 is 34.6 Å². The number of hydrogen-bond donors (Lipinski definition) is 1. The Bertz CT molecular complexity index is 816. The number of rotatable bonds is 2. The first-order valence-electron chi connectivity index (χ1n) is 5.54. The van der Waals surface area contributed by atoms with Gasteiger partial charge in [-0.3, -0.25) is 0 Å². The molecule has 0 fully saturated rings. The molecular formula is C12H9F2N3S2. The Morgan fingerprint density at radius 1 is 1.42 bits per heavy atom. The minimum Gasteiger partial charge on any atom is -0.330 e. The predicted molar refractivity (Wildman–Crippen MR) is 73.0 cm³/mol. The van der Waals surface area contributed by atoms with E-state index >= 15 is 0 Å². The van der Waals surface area contributed by atoms with Gasteiger partial charge in [0.05, 0.1) is 22.8 Å². The van der Waals surface area contributed by atoms with Crippen molar-refractivity contribution in [1.82, 2.24) is 14.5 Å². The Kier molecular flexibility index (Phi) is 2.94. The van der Waals surface area contributed by atoms with Gasteiger partial charge in [0.2, 0.25) is 0 Å². The first-order chi connectivity index (χ1) is 9.06. The van der Waals surface area contributed by atoms with E-state index in [0.29, 0.717) is 16.8 Å². The van der Waals surface area contributed by atoms with Gasteiger partial charge in [-0.25, -0.2) is 13.8 Å². The molecule has 3 nitrogen and oxygen atoms in total. The van der Waals surface area contributed by atoms with Crippen molar-refractivity contribution in [2.45, 2.75) is 13.5 Å². The van der Waals surface area contributed by atoms with E-state index < -0.39 is 11.6 Å². The highest BCUT2D eigenvalue weighted by Crippen LogP contribution is 2.22. The van der Waals surface area contributed by atoms with Crippen molar-refractivity contribution in [3.05, 3.63) is 44.6 Å². The number of halogens is 2. The molecular weight excluding hydrogens is 288 g/mol. The van der Waals surface area contributed by atoms with Gasteiger partial charge in [-0.05, 0) is 31.3 Å². The molecule has 0 unspecified atom stereocenters. The van der Waals surface area contributed by atoms with E-state index in [0.717, 1.165) is 16.8 Å². The van der Waals surface area contributed by atoms with Crippen LogP contribution in [0.1, 0.15) is 10.7 Å². The van der Waals surface area contributed by atoms with Crippen molar-refractivity contribution in [3.8, 4) is 0 Å².